The summed E-state index contributed by atoms with van der Waals surface area (Å²) in [5.41, 5.74) is 3.03. The highest BCUT2D eigenvalue weighted by atomic mass is 32.2. The summed E-state index contributed by atoms with van der Waals surface area (Å²) >= 11 is 5.32. The summed E-state index contributed by atoms with van der Waals surface area (Å²) in [6, 6.07) is 6.18. The van der Waals surface area contributed by atoms with Crippen molar-refractivity contribution in [3.8, 4) is 0 Å². The zero-order valence-corrected chi connectivity index (χ0v) is 17.9. The third kappa shape index (κ3) is 4.72. The van der Waals surface area contributed by atoms with Crippen LogP contribution in [0, 0.1) is 6.92 Å². The quantitative estimate of drug-likeness (QED) is 0.245. The number of esters is 1. The summed E-state index contributed by atoms with van der Waals surface area (Å²) in [5.74, 6) is -0.438. The summed E-state index contributed by atoms with van der Waals surface area (Å²) < 4.78 is 29.3. The van der Waals surface area contributed by atoms with Crippen LogP contribution in [0.15, 0.2) is 41.6 Å². The number of nitrogens with zero attached hydrogens (tertiary/aromatic N) is 2. The highest BCUT2D eigenvalue weighted by molar-refractivity contribution is 7.89. The molecule has 0 spiro atoms. The Bertz CT molecular complexity index is 1210. The number of aryl methyl sites for hydroxylation is 1. The van der Waals surface area contributed by atoms with E-state index in [2.05, 4.69) is 20.7 Å². The van der Waals surface area contributed by atoms with Gasteiger partial charge >= 0.3 is 11.6 Å². The second kappa shape index (κ2) is 8.73. The minimum absolute atomic E-state index is 0.0476. The van der Waals surface area contributed by atoms with E-state index in [1.807, 2.05) is 0 Å². The predicted molar refractivity (Wildman–Crippen MR) is 113 cm³/mol. The summed E-state index contributed by atoms with van der Waals surface area (Å²) in [5, 5.41) is 14.5. The number of hydrogen-bond donors (Lipinski definition) is 4. The Labute approximate surface area is 178 Å². The molecule has 2 heterocycles. The average Bonchev–Trinajstić information content (AvgIpc) is 3.10. The first-order valence-corrected chi connectivity index (χ1v) is 10.9. The lowest BCUT2D eigenvalue weighted by molar-refractivity contribution is -0.585. The van der Waals surface area contributed by atoms with Crippen LogP contribution in [0.5, 0.6) is 0 Å². The van der Waals surface area contributed by atoms with E-state index in [-0.39, 0.29) is 11.5 Å². The molecule has 158 valence electrons. The Balaban J connectivity index is 1.68. The van der Waals surface area contributed by atoms with Gasteiger partial charge in [-0.15, -0.1) is 4.52 Å². The smallest absolute Gasteiger partial charge is 0.372 e. The van der Waals surface area contributed by atoms with Crippen molar-refractivity contribution in [2.75, 3.05) is 11.9 Å². The number of sulfonamides is 1. The van der Waals surface area contributed by atoms with Gasteiger partial charge in [0.15, 0.2) is 17.0 Å². The molecule has 0 aliphatic heterocycles. The SMILES string of the molecule is CCOC(=O)c1cnc2c(NC(=S)NCc3ccc(S(N)(=O)=O)cc3)c[nH][n+]2c1C. The van der Waals surface area contributed by atoms with Crippen molar-refractivity contribution in [2.45, 2.75) is 25.3 Å². The van der Waals surface area contributed by atoms with Crippen LogP contribution < -0.4 is 20.3 Å². The molecule has 30 heavy (non-hydrogen) atoms. The molecule has 3 rings (SSSR count). The van der Waals surface area contributed by atoms with Crippen LogP contribution in [0.3, 0.4) is 0 Å². The Morgan fingerprint density at radius 1 is 1.33 bits per heavy atom. The summed E-state index contributed by atoms with van der Waals surface area (Å²) in [6.07, 6.45) is 3.14. The lowest BCUT2D eigenvalue weighted by atomic mass is 10.2. The molecule has 3 aromatic rings. The third-order valence-electron chi connectivity index (χ3n) is 4.28. The van der Waals surface area contributed by atoms with E-state index >= 15 is 0 Å². The number of thiocarbonyl (C=S) groups is 1. The molecule has 2 aromatic heterocycles. The van der Waals surface area contributed by atoms with Gasteiger partial charge in [-0.3, -0.25) is 0 Å². The fourth-order valence-corrected chi connectivity index (χ4v) is 3.44. The molecule has 0 saturated heterocycles. The zero-order chi connectivity index (χ0) is 21.9. The van der Waals surface area contributed by atoms with Gasteiger partial charge in [0.25, 0.3) is 0 Å². The fraction of sp³-hybridized carbons (Fsp3) is 0.222. The molecule has 10 nitrogen and oxygen atoms in total. The molecule has 0 bridgehead atoms. The predicted octanol–water partition coefficient (Wildman–Crippen LogP) is 0.768. The lowest BCUT2D eigenvalue weighted by Crippen LogP contribution is -2.32. The molecule has 0 aliphatic rings. The van der Waals surface area contributed by atoms with E-state index in [0.717, 1.165) is 5.56 Å². The van der Waals surface area contributed by atoms with Gasteiger partial charge in [-0.25, -0.2) is 23.4 Å². The van der Waals surface area contributed by atoms with Crippen molar-refractivity contribution in [2.24, 2.45) is 5.14 Å². The molecule has 5 N–H and O–H groups in total. The molecule has 0 aliphatic carbocycles. The van der Waals surface area contributed by atoms with Gasteiger partial charge in [0.1, 0.15) is 11.3 Å². The van der Waals surface area contributed by atoms with Gasteiger partial charge in [0.05, 0.1) is 17.7 Å². The maximum absolute atomic E-state index is 12.0. The van der Waals surface area contributed by atoms with Crippen LogP contribution in [0.25, 0.3) is 5.65 Å². The number of hydrogen-bond acceptors (Lipinski definition) is 6. The summed E-state index contributed by atoms with van der Waals surface area (Å²) in [4.78, 5) is 16.4. The Morgan fingerprint density at radius 2 is 2.03 bits per heavy atom. The molecule has 0 saturated carbocycles. The minimum atomic E-state index is -3.72. The van der Waals surface area contributed by atoms with Gasteiger partial charge in [-0.05, 0) is 41.8 Å². The number of carbonyl (C=O) groups is 1. The number of nitrogens with two attached hydrogens (primary N) is 1. The average molecular weight is 450 g/mol. The first-order chi connectivity index (χ1) is 14.2. The van der Waals surface area contributed by atoms with Gasteiger partial charge in [-0.1, -0.05) is 12.1 Å². The fourth-order valence-electron chi connectivity index (χ4n) is 2.74. The number of ether oxygens (including phenoxy) is 1. The monoisotopic (exact) mass is 449 g/mol. The third-order valence-corrected chi connectivity index (χ3v) is 5.46. The van der Waals surface area contributed by atoms with E-state index in [1.165, 1.54) is 18.3 Å². The zero-order valence-electron chi connectivity index (χ0n) is 16.3. The number of primary sulfonamides is 1. The number of fused-ring (bicyclic) bond motifs is 1. The lowest BCUT2D eigenvalue weighted by Gasteiger charge is -2.09. The largest absolute Gasteiger partial charge is 0.462 e. The second-order valence-corrected chi connectivity index (χ2v) is 8.29. The maximum Gasteiger partial charge on any atom is 0.372 e. The van der Waals surface area contributed by atoms with Crippen molar-refractivity contribution in [3.05, 3.63) is 53.5 Å². The first kappa shape index (κ1) is 21.6. The van der Waals surface area contributed by atoms with Gasteiger partial charge in [0, 0.05) is 13.5 Å². The topological polar surface area (TPSA) is 143 Å². The molecule has 0 fully saturated rings. The minimum Gasteiger partial charge on any atom is -0.462 e. The molecule has 0 atom stereocenters. The van der Waals surface area contributed by atoms with E-state index in [9.17, 15) is 13.2 Å². The number of nitrogens with one attached hydrogen (secondary N) is 3. The van der Waals surface area contributed by atoms with Crippen LogP contribution in [0.4, 0.5) is 5.69 Å². The molecule has 0 amide bonds. The highest BCUT2D eigenvalue weighted by Gasteiger charge is 2.23. The Morgan fingerprint density at radius 3 is 2.67 bits per heavy atom. The van der Waals surface area contributed by atoms with Crippen LogP contribution in [-0.4, -0.2) is 36.2 Å². The number of rotatable bonds is 6. The number of carbonyl (C=O) groups excluding carboxylic acids is 1. The van der Waals surface area contributed by atoms with Crippen LogP contribution in [-0.2, 0) is 21.3 Å². The summed E-state index contributed by atoms with van der Waals surface area (Å²) in [7, 11) is -3.72. The Kier molecular flexibility index (Phi) is 6.29. The van der Waals surface area contributed by atoms with Gasteiger partial charge in [-0.2, -0.15) is 0 Å². The number of aromatic nitrogens is 3. The first-order valence-electron chi connectivity index (χ1n) is 8.93. The summed E-state index contributed by atoms with van der Waals surface area (Å²) in [6.45, 7) is 4.18. The van der Waals surface area contributed by atoms with Crippen LogP contribution >= 0.6 is 12.2 Å². The van der Waals surface area contributed by atoms with Gasteiger partial charge in [0.2, 0.25) is 10.0 Å². The van der Waals surface area contributed by atoms with E-state index in [1.54, 1.807) is 36.7 Å². The maximum atomic E-state index is 12.0. The highest BCUT2D eigenvalue weighted by Crippen LogP contribution is 2.13. The number of aromatic amines is 1. The standard InChI is InChI=1S/C18H20N6O4S2/c1-3-28-17(25)14-9-20-16-15(10-22-24(16)11(14)2)23-18(29)21-8-12-4-6-13(7-5-12)30(19,26)27/h4-7,9-10H,3,8H2,1-2H3,(H4,19,21,23,26,27,29)/p+1. The number of benzene rings is 1. The molecular formula is C18H21N6O4S2+. The number of H-pyrrole nitrogens is 1. The van der Waals surface area contributed by atoms with Crippen molar-refractivity contribution in [3.63, 3.8) is 0 Å². The van der Waals surface area contributed by atoms with E-state index < -0.39 is 16.0 Å². The van der Waals surface area contributed by atoms with Crippen molar-refractivity contribution in [1.82, 2.24) is 15.4 Å². The number of anilines is 1. The van der Waals surface area contributed by atoms with E-state index in [0.29, 0.717) is 34.2 Å². The van der Waals surface area contributed by atoms with Crippen molar-refractivity contribution in [1.29, 1.82) is 0 Å². The normalized spacial score (nSPS) is 11.3. The van der Waals surface area contributed by atoms with Crippen LogP contribution in [0.1, 0.15) is 28.5 Å². The molecule has 1 aromatic carbocycles. The Hall–Kier alpha value is -3.09. The van der Waals surface area contributed by atoms with Crippen molar-refractivity contribution >= 4 is 44.7 Å². The van der Waals surface area contributed by atoms with Gasteiger partial charge < -0.3 is 15.4 Å². The molecule has 12 heteroatoms. The van der Waals surface area contributed by atoms with E-state index in [4.69, 9.17) is 22.1 Å². The second-order valence-electron chi connectivity index (χ2n) is 6.32. The molecule has 0 radical (unpaired) electrons. The molecule has 0 unspecified atom stereocenters. The van der Waals surface area contributed by atoms with Crippen LogP contribution in [0.2, 0.25) is 0 Å². The molecular weight excluding hydrogens is 428 g/mol. The van der Waals surface area contributed by atoms with Crippen molar-refractivity contribution < 1.29 is 22.5 Å².